The predicted octanol–water partition coefficient (Wildman–Crippen LogP) is 1.35. The summed E-state index contributed by atoms with van der Waals surface area (Å²) in [5, 5.41) is 5.74. The Morgan fingerprint density at radius 1 is 0.962 bits per heavy atom. The highest BCUT2D eigenvalue weighted by Crippen LogP contribution is 2.15. The SMILES string of the molecule is CCc1ccccc1NC(=O)C[NH+](C)CC(=O)Nc1ccc(OC)cc1. The predicted molar refractivity (Wildman–Crippen MR) is 103 cm³/mol. The van der Waals surface area contributed by atoms with E-state index >= 15 is 0 Å². The number of anilines is 2. The molecule has 0 aliphatic carbocycles. The average molecular weight is 356 g/mol. The molecule has 6 heteroatoms. The molecule has 0 saturated carbocycles. The van der Waals surface area contributed by atoms with Crippen LogP contribution in [-0.2, 0) is 16.0 Å². The number of hydrogen-bond donors (Lipinski definition) is 3. The zero-order chi connectivity index (χ0) is 18.9. The molecule has 6 nitrogen and oxygen atoms in total. The molecule has 3 N–H and O–H groups in total. The first kappa shape index (κ1) is 19.5. The molecular formula is C20H26N3O3+. The number of benzene rings is 2. The number of likely N-dealkylation sites (N-methyl/N-ethyl adjacent to an activating group) is 1. The maximum atomic E-state index is 12.2. The van der Waals surface area contributed by atoms with Crippen LogP contribution in [0.3, 0.4) is 0 Å². The Hall–Kier alpha value is -2.86. The van der Waals surface area contributed by atoms with Gasteiger partial charge in [-0.05, 0) is 42.3 Å². The normalized spacial score (nSPS) is 11.5. The molecule has 2 rings (SSSR count). The quantitative estimate of drug-likeness (QED) is 0.669. The zero-order valence-electron chi connectivity index (χ0n) is 15.5. The highest BCUT2D eigenvalue weighted by Gasteiger charge is 2.15. The molecule has 1 unspecified atom stereocenters. The lowest BCUT2D eigenvalue weighted by molar-refractivity contribution is -0.862. The average Bonchev–Trinajstić information content (AvgIpc) is 2.62. The van der Waals surface area contributed by atoms with Crippen molar-refractivity contribution in [1.29, 1.82) is 0 Å². The van der Waals surface area contributed by atoms with Gasteiger partial charge in [-0.15, -0.1) is 0 Å². The van der Waals surface area contributed by atoms with E-state index in [1.54, 1.807) is 31.4 Å². The van der Waals surface area contributed by atoms with Crippen molar-refractivity contribution in [3.63, 3.8) is 0 Å². The number of nitrogens with one attached hydrogen (secondary N) is 3. The number of aryl methyl sites for hydroxylation is 1. The molecule has 26 heavy (non-hydrogen) atoms. The van der Waals surface area contributed by atoms with Crippen molar-refractivity contribution in [3.05, 3.63) is 54.1 Å². The number of carbonyl (C=O) groups excluding carboxylic acids is 2. The Morgan fingerprint density at radius 2 is 1.58 bits per heavy atom. The summed E-state index contributed by atoms with van der Waals surface area (Å²) >= 11 is 0. The van der Waals surface area contributed by atoms with Gasteiger partial charge in [0.25, 0.3) is 11.8 Å². The van der Waals surface area contributed by atoms with E-state index in [4.69, 9.17) is 4.74 Å². The van der Waals surface area contributed by atoms with E-state index in [-0.39, 0.29) is 24.9 Å². The molecule has 0 aliphatic rings. The second-order valence-corrected chi connectivity index (χ2v) is 6.15. The van der Waals surface area contributed by atoms with E-state index in [1.165, 1.54) is 0 Å². The zero-order valence-corrected chi connectivity index (χ0v) is 15.5. The smallest absolute Gasteiger partial charge is 0.279 e. The Labute approximate surface area is 154 Å². The fraction of sp³-hybridized carbons (Fsp3) is 0.300. The molecule has 0 spiro atoms. The minimum atomic E-state index is -0.144. The molecule has 2 aromatic rings. The van der Waals surface area contributed by atoms with Crippen molar-refractivity contribution in [2.75, 3.05) is 37.9 Å². The Morgan fingerprint density at radius 3 is 2.19 bits per heavy atom. The minimum absolute atomic E-state index is 0.111. The third-order valence-corrected chi connectivity index (χ3v) is 3.97. The van der Waals surface area contributed by atoms with Gasteiger partial charge < -0.3 is 20.3 Å². The molecule has 0 bridgehead atoms. The van der Waals surface area contributed by atoms with Crippen LogP contribution in [0, 0.1) is 0 Å². The Bertz CT molecular complexity index is 744. The first-order valence-corrected chi connectivity index (χ1v) is 8.64. The number of methoxy groups -OCH3 is 1. The molecule has 2 aromatic carbocycles. The highest BCUT2D eigenvalue weighted by molar-refractivity contribution is 5.93. The summed E-state index contributed by atoms with van der Waals surface area (Å²) in [7, 11) is 3.41. The molecule has 0 aliphatic heterocycles. The summed E-state index contributed by atoms with van der Waals surface area (Å²) in [6.45, 7) is 2.47. The van der Waals surface area contributed by atoms with Gasteiger partial charge in [-0.25, -0.2) is 0 Å². The number of carbonyl (C=O) groups is 2. The molecule has 0 aromatic heterocycles. The van der Waals surface area contributed by atoms with Gasteiger partial charge in [0.1, 0.15) is 5.75 Å². The number of amides is 2. The van der Waals surface area contributed by atoms with Crippen LogP contribution in [0.2, 0.25) is 0 Å². The van der Waals surface area contributed by atoms with E-state index in [0.29, 0.717) is 5.69 Å². The van der Waals surface area contributed by atoms with Crippen molar-refractivity contribution < 1.29 is 19.2 Å². The summed E-state index contributed by atoms with van der Waals surface area (Å²) < 4.78 is 5.09. The van der Waals surface area contributed by atoms with Gasteiger partial charge in [0.05, 0.1) is 14.2 Å². The second-order valence-electron chi connectivity index (χ2n) is 6.15. The molecule has 2 amide bonds. The fourth-order valence-electron chi connectivity index (χ4n) is 2.64. The van der Waals surface area contributed by atoms with Crippen LogP contribution in [0.5, 0.6) is 5.75 Å². The molecule has 0 fully saturated rings. The second kappa shape index (κ2) is 9.58. The minimum Gasteiger partial charge on any atom is -0.497 e. The molecular weight excluding hydrogens is 330 g/mol. The molecule has 0 radical (unpaired) electrons. The summed E-state index contributed by atoms with van der Waals surface area (Å²) in [6, 6.07) is 14.9. The summed E-state index contributed by atoms with van der Waals surface area (Å²) in [6.07, 6.45) is 0.851. The summed E-state index contributed by atoms with van der Waals surface area (Å²) in [4.78, 5) is 25.2. The van der Waals surface area contributed by atoms with Crippen LogP contribution in [0.1, 0.15) is 12.5 Å². The number of ether oxygens (including phenoxy) is 1. The lowest BCUT2D eigenvalue weighted by Crippen LogP contribution is -3.11. The van der Waals surface area contributed by atoms with Crippen molar-refractivity contribution in [1.82, 2.24) is 0 Å². The number of quaternary nitrogens is 1. The highest BCUT2D eigenvalue weighted by atomic mass is 16.5. The van der Waals surface area contributed by atoms with Gasteiger partial charge in [-0.2, -0.15) is 0 Å². The van der Waals surface area contributed by atoms with Crippen molar-refractivity contribution in [2.24, 2.45) is 0 Å². The lowest BCUT2D eigenvalue weighted by atomic mass is 10.1. The molecule has 1 atom stereocenters. The maximum absolute atomic E-state index is 12.2. The van der Waals surface area contributed by atoms with Crippen LogP contribution in [0.15, 0.2) is 48.5 Å². The van der Waals surface area contributed by atoms with Crippen LogP contribution >= 0.6 is 0 Å². The molecule has 0 heterocycles. The maximum Gasteiger partial charge on any atom is 0.279 e. The first-order chi connectivity index (χ1) is 12.5. The van der Waals surface area contributed by atoms with E-state index < -0.39 is 0 Å². The van der Waals surface area contributed by atoms with Crippen molar-refractivity contribution in [3.8, 4) is 5.75 Å². The van der Waals surface area contributed by atoms with Gasteiger partial charge in [0, 0.05) is 11.4 Å². The number of hydrogen-bond acceptors (Lipinski definition) is 3. The third kappa shape index (κ3) is 5.89. The summed E-state index contributed by atoms with van der Waals surface area (Å²) in [5.41, 5.74) is 2.62. The lowest BCUT2D eigenvalue weighted by Gasteiger charge is -2.15. The van der Waals surface area contributed by atoms with Crippen LogP contribution < -0.4 is 20.3 Å². The van der Waals surface area contributed by atoms with Crippen molar-refractivity contribution >= 4 is 23.2 Å². The molecule has 138 valence electrons. The fourth-order valence-corrected chi connectivity index (χ4v) is 2.64. The van der Waals surface area contributed by atoms with Crippen LogP contribution in [-0.4, -0.2) is 39.1 Å². The van der Waals surface area contributed by atoms with E-state index in [2.05, 4.69) is 10.6 Å². The van der Waals surface area contributed by atoms with Crippen LogP contribution in [0.4, 0.5) is 11.4 Å². The summed E-state index contributed by atoms with van der Waals surface area (Å²) in [5.74, 6) is 0.477. The van der Waals surface area contributed by atoms with Gasteiger partial charge in [0.15, 0.2) is 13.1 Å². The molecule has 0 saturated heterocycles. The largest absolute Gasteiger partial charge is 0.497 e. The van der Waals surface area contributed by atoms with Gasteiger partial charge >= 0.3 is 0 Å². The number of para-hydroxylation sites is 1. The number of rotatable bonds is 8. The van der Waals surface area contributed by atoms with Gasteiger partial charge in [-0.1, -0.05) is 25.1 Å². The Balaban J connectivity index is 1.82. The topological polar surface area (TPSA) is 71.9 Å². The van der Waals surface area contributed by atoms with Gasteiger partial charge in [0.2, 0.25) is 0 Å². The first-order valence-electron chi connectivity index (χ1n) is 8.64. The van der Waals surface area contributed by atoms with E-state index in [1.807, 2.05) is 38.2 Å². The van der Waals surface area contributed by atoms with Crippen molar-refractivity contribution in [2.45, 2.75) is 13.3 Å². The Kier molecular flexibility index (Phi) is 7.17. The van der Waals surface area contributed by atoms with Gasteiger partial charge in [-0.3, -0.25) is 9.59 Å². The monoisotopic (exact) mass is 356 g/mol. The van der Waals surface area contributed by atoms with E-state index in [0.717, 1.165) is 28.3 Å². The third-order valence-electron chi connectivity index (χ3n) is 3.97. The van der Waals surface area contributed by atoms with E-state index in [9.17, 15) is 9.59 Å². The van der Waals surface area contributed by atoms with Crippen LogP contribution in [0.25, 0.3) is 0 Å². The standard InChI is InChI=1S/C20H25N3O3/c1-4-15-7-5-6-8-18(15)22-20(25)14-23(2)13-19(24)21-16-9-11-17(26-3)12-10-16/h5-12H,4,13-14H2,1-3H3,(H,21,24)(H,22,25)/p+1.